The Morgan fingerprint density at radius 1 is 0.178 bits per heavy atom. The second-order valence-corrected chi connectivity index (χ2v) is 19.4. The van der Waals surface area contributed by atoms with Crippen molar-refractivity contribution in [2.75, 3.05) is 0 Å². The highest BCUT2D eigenvalue weighted by Gasteiger charge is 2.21. The van der Waals surface area contributed by atoms with Crippen LogP contribution in [0.5, 0.6) is 0 Å². The summed E-state index contributed by atoms with van der Waals surface area (Å²) in [6.45, 7) is 0. The summed E-state index contributed by atoms with van der Waals surface area (Å²) < 4.78 is 6.28. The molecule has 14 aromatic carbocycles. The van der Waals surface area contributed by atoms with Crippen molar-refractivity contribution >= 4 is 86.6 Å². The topological polar surface area (TPSA) is 13.1 Å². The first-order valence-corrected chi connectivity index (χ1v) is 25.2. The Balaban J connectivity index is 0.875. The molecule has 0 N–H and O–H groups in total. The monoisotopic (exact) mass is 924 g/mol. The van der Waals surface area contributed by atoms with Gasteiger partial charge in [0.15, 0.2) is 0 Å². The Hall–Kier alpha value is -9.56. The molecule has 15 aromatic rings. The van der Waals surface area contributed by atoms with Crippen molar-refractivity contribution in [1.29, 1.82) is 0 Å². The third kappa shape index (κ3) is 6.56. The van der Waals surface area contributed by atoms with E-state index in [0.29, 0.717) is 0 Å². The van der Waals surface area contributed by atoms with Crippen LogP contribution in [0.2, 0.25) is 0 Å². The highest BCUT2D eigenvalue weighted by Crippen LogP contribution is 2.48. The minimum Gasteiger partial charge on any atom is -0.456 e. The summed E-state index contributed by atoms with van der Waals surface area (Å²) >= 11 is 0. The van der Waals surface area contributed by atoms with Crippen LogP contribution in [0.15, 0.2) is 271 Å². The van der Waals surface area contributed by atoms with Gasteiger partial charge in [0.1, 0.15) is 11.2 Å². The highest BCUT2D eigenvalue weighted by atomic mass is 16.3. The molecule has 0 unspecified atom stereocenters. The predicted molar refractivity (Wildman–Crippen MR) is 311 cm³/mol. The maximum Gasteiger partial charge on any atom is 0.135 e. The first-order valence-electron chi connectivity index (χ1n) is 25.2. The lowest BCUT2D eigenvalue weighted by molar-refractivity contribution is 0.669. The van der Waals surface area contributed by atoms with Gasteiger partial charge in [0, 0.05) is 10.8 Å². The minimum atomic E-state index is 0.905. The number of hydrogen-bond acceptors (Lipinski definition) is 1. The average molecular weight is 925 g/mol. The SMILES string of the molecule is c1ccc(-c2c3ccccc3c(-c3cccc(-c4cccc5ccc(-c6ccc7cccc(-c8c9ccccc9c(-c9ccc%10oc%11ccccc%11c%10c9)c9ccccc89)c7c6)cc45)c3)c3ccccc23)cc1. The largest absolute Gasteiger partial charge is 0.456 e. The maximum atomic E-state index is 6.28. The fourth-order valence-electron chi connectivity index (χ4n) is 12.2. The number of hydrogen-bond donors (Lipinski definition) is 0. The van der Waals surface area contributed by atoms with Crippen LogP contribution in [0.1, 0.15) is 0 Å². The van der Waals surface area contributed by atoms with Crippen molar-refractivity contribution in [3.63, 3.8) is 0 Å². The van der Waals surface area contributed by atoms with Gasteiger partial charge in [-0.05, 0) is 168 Å². The van der Waals surface area contributed by atoms with E-state index in [1.807, 2.05) is 6.07 Å². The molecule has 73 heavy (non-hydrogen) atoms. The number of para-hydroxylation sites is 1. The van der Waals surface area contributed by atoms with E-state index < -0.39 is 0 Å². The molecular weight excluding hydrogens is 881 g/mol. The van der Waals surface area contributed by atoms with E-state index in [4.69, 9.17) is 4.42 Å². The number of fused-ring (bicyclic) bond motifs is 9. The Morgan fingerprint density at radius 3 is 1.14 bits per heavy atom. The van der Waals surface area contributed by atoms with Gasteiger partial charge in [0.05, 0.1) is 0 Å². The molecule has 338 valence electrons. The standard InChI is InChI=1S/C72H44O/c1-2-17-47(18-3-1)69-55-24-4-6-26-57(55)70(58-27-7-5-25-56(58)69)51-22-14-21-50(41-51)53-32-15-19-45-35-37-48(42-64(45)53)49-38-36-46-20-16-33-63(65(46)43-49)72-61-30-10-8-28-59(61)71(60-29-9-11-31-62(60)72)52-39-40-68-66(44-52)54-23-12-13-34-67(54)73-68/h1-44H. The lowest BCUT2D eigenvalue weighted by Crippen LogP contribution is -1.92. The fourth-order valence-corrected chi connectivity index (χ4v) is 12.2. The quantitative estimate of drug-likeness (QED) is 0.151. The summed E-state index contributed by atoms with van der Waals surface area (Å²) in [4.78, 5) is 0. The zero-order valence-electron chi connectivity index (χ0n) is 39.8. The van der Waals surface area contributed by atoms with Crippen molar-refractivity contribution < 1.29 is 4.42 Å². The van der Waals surface area contributed by atoms with Crippen LogP contribution < -0.4 is 0 Å². The third-order valence-electron chi connectivity index (χ3n) is 15.4. The van der Waals surface area contributed by atoms with Crippen LogP contribution in [0.25, 0.3) is 153 Å². The Bertz CT molecular complexity index is 4610. The minimum absolute atomic E-state index is 0.905. The second-order valence-electron chi connectivity index (χ2n) is 19.4. The Labute approximate surface area is 422 Å². The Kier molecular flexibility index (Phi) is 9.33. The molecule has 1 nitrogen and oxygen atoms in total. The highest BCUT2D eigenvalue weighted by molar-refractivity contribution is 6.25. The molecule has 0 bridgehead atoms. The van der Waals surface area contributed by atoms with Gasteiger partial charge in [-0.2, -0.15) is 0 Å². The van der Waals surface area contributed by atoms with Crippen molar-refractivity contribution in [2.45, 2.75) is 0 Å². The van der Waals surface area contributed by atoms with Gasteiger partial charge in [-0.25, -0.2) is 0 Å². The van der Waals surface area contributed by atoms with E-state index in [1.54, 1.807) is 0 Å². The van der Waals surface area contributed by atoms with Crippen LogP contribution >= 0.6 is 0 Å². The summed E-state index contributed by atoms with van der Waals surface area (Å²) in [6.07, 6.45) is 0. The number of benzene rings is 14. The van der Waals surface area contributed by atoms with Gasteiger partial charge in [-0.15, -0.1) is 0 Å². The van der Waals surface area contributed by atoms with Crippen molar-refractivity contribution in [3.8, 4) is 66.8 Å². The van der Waals surface area contributed by atoms with Gasteiger partial charge < -0.3 is 4.42 Å². The van der Waals surface area contributed by atoms with Crippen LogP contribution in [-0.2, 0) is 0 Å². The Morgan fingerprint density at radius 2 is 0.562 bits per heavy atom. The van der Waals surface area contributed by atoms with Gasteiger partial charge in [-0.1, -0.05) is 231 Å². The van der Waals surface area contributed by atoms with E-state index >= 15 is 0 Å². The van der Waals surface area contributed by atoms with E-state index in [0.717, 1.165) is 21.9 Å². The maximum absolute atomic E-state index is 6.28. The summed E-state index contributed by atoms with van der Waals surface area (Å²) in [5.41, 5.74) is 16.5. The smallest absolute Gasteiger partial charge is 0.135 e. The predicted octanol–water partition coefficient (Wildman–Crippen LogP) is 20.5. The molecular formula is C72H44O. The molecule has 0 radical (unpaired) electrons. The molecule has 0 fully saturated rings. The van der Waals surface area contributed by atoms with E-state index in [2.05, 4.69) is 261 Å². The molecule has 1 heteroatoms. The second kappa shape index (κ2) is 16.5. The van der Waals surface area contributed by atoms with Crippen molar-refractivity contribution in [1.82, 2.24) is 0 Å². The molecule has 0 atom stereocenters. The molecule has 0 aliphatic heterocycles. The van der Waals surface area contributed by atoms with E-state index in [-0.39, 0.29) is 0 Å². The van der Waals surface area contributed by atoms with Crippen LogP contribution in [0, 0.1) is 0 Å². The number of rotatable bonds is 6. The lowest BCUT2D eigenvalue weighted by Gasteiger charge is -2.19. The van der Waals surface area contributed by atoms with Crippen LogP contribution in [0.3, 0.4) is 0 Å². The first-order chi connectivity index (χ1) is 36.2. The summed E-state index contributed by atoms with van der Waals surface area (Å²) in [6, 6.07) is 98.3. The third-order valence-corrected chi connectivity index (χ3v) is 15.4. The zero-order valence-corrected chi connectivity index (χ0v) is 39.8. The molecule has 0 aliphatic rings. The summed E-state index contributed by atoms with van der Waals surface area (Å²) in [7, 11) is 0. The molecule has 0 spiro atoms. The fraction of sp³-hybridized carbons (Fsp3) is 0. The molecule has 0 saturated carbocycles. The number of furan rings is 1. The zero-order chi connectivity index (χ0) is 48.0. The average Bonchev–Trinajstić information content (AvgIpc) is 3.84. The van der Waals surface area contributed by atoms with Gasteiger partial charge in [0.25, 0.3) is 0 Å². The molecule has 1 aromatic heterocycles. The van der Waals surface area contributed by atoms with Crippen molar-refractivity contribution in [2.24, 2.45) is 0 Å². The lowest BCUT2D eigenvalue weighted by atomic mass is 9.84. The first kappa shape index (κ1) is 41.2. The molecule has 0 amide bonds. The van der Waals surface area contributed by atoms with Gasteiger partial charge in [-0.3, -0.25) is 0 Å². The van der Waals surface area contributed by atoms with E-state index in [9.17, 15) is 0 Å². The summed E-state index contributed by atoms with van der Waals surface area (Å²) in [5, 5.41) is 17.1. The van der Waals surface area contributed by atoms with Crippen LogP contribution in [0.4, 0.5) is 0 Å². The van der Waals surface area contributed by atoms with E-state index in [1.165, 1.54) is 131 Å². The molecule has 15 rings (SSSR count). The molecule has 1 heterocycles. The summed E-state index contributed by atoms with van der Waals surface area (Å²) in [5.74, 6) is 0. The van der Waals surface area contributed by atoms with Crippen molar-refractivity contribution in [3.05, 3.63) is 267 Å². The van der Waals surface area contributed by atoms with Gasteiger partial charge >= 0.3 is 0 Å². The normalized spacial score (nSPS) is 11.8. The van der Waals surface area contributed by atoms with Gasteiger partial charge in [0.2, 0.25) is 0 Å². The van der Waals surface area contributed by atoms with Crippen LogP contribution in [-0.4, -0.2) is 0 Å². The molecule has 0 aliphatic carbocycles. The molecule has 0 saturated heterocycles.